The van der Waals surface area contributed by atoms with Gasteiger partial charge >= 0.3 is 0 Å². The molecule has 0 saturated carbocycles. The Kier molecular flexibility index (Phi) is 8.12. The lowest BCUT2D eigenvalue weighted by molar-refractivity contribution is 0.287. The van der Waals surface area contributed by atoms with Gasteiger partial charge < -0.3 is 14.8 Å². The van der Waals surface area contributed by atoms with Crippen LogP contribution in [0.2, 0.25) is 0 Å². The molecular formula is C17H29NO2. The maximum absolute atomic E-state index is 5.67. The van der Waals surface area contributed by atoms with Crippen LogP contribution in [-0.4, -0.2) is 26.3 Å². The third kappa shape index (κ3) is 5.41. The largest absolute Gasteiger partial charge is 0.490 e. The van der Waals surface area contributed by atoms with E-state index in [1.54, 1.807) is 0 Å². The number of rotatable bonds is 10. The smallest absolute Gasteiger partial charge is 0.161 e. The van der Waals surface area contributed by atoms with E-state index < -0.39 is 0 Å². The molecule has 0 spiro atoms. The molecule has 0 aliphatic carbocycles. The molecule has 0 amide bonds. The minimum atomic E-state index is 0.599. The van der Waals surface area contributed by atoms with Crippen molar-refractivity contribution < 1.29 is 9.47 Å². The molecule has 0 aliphatic rings. The summed E-state index contributed by atoms with van der Waals surface area (Å²) in [5.41, 5.74) is 1.31. The number of benzene rings is 1. The van der Waals surface area contributed by atoms with Crippen LogP contribution in [0.1, 0.15) is 45.6 Å². The average molecular weight is 279 g/mol. The lowest BCUT2D eigenvalue weighted by Gasteiger charge is -2.16. The Morgan fingerprint density at radius 3 is 2.30 bits per heavy atom. The molecule has 0 aliphatic heterocycles. The Labute approximate surface area is 123 Å². The van der Waals surface area contributed by atoms with Crippen LogP contribution in [0, 0.1) is 0 Å². The zero-order valence-electron chi connectivity index (χ0n) is 13.4. The zero-order valence-corrected chi connectivity index (χ0v) is 13.4. The highest BCUT2D eigenvalue weighted by Gasteiger charge is 2.09. The molecular weight excluding hydrogens is 250 g/mol. The van der Waals surface area contributed by atoms with Crippen molar-refractivity contribution in [3.63, 3.8) is 0 Å². The SMILES string of the molecule is CCCC(CCc1ccc(OCC)c(OCC)c1)NC. The van der Waals surface area contributed by atoms with E-state index in [1.165, 1.54) is 18.4 Å². The number of ether oxygens (including phenoxy) is 2. The van der Waals surface area contributed by atoms with Gasteiger partial charge in [0.05, 0.1) is 13.2 Å². The van der Waals surface area contributed by atoms with Crippen molar-refractivity contribution in [2.24, 2.45) is 0 Å². The van der Waals surface area contributed by atoms with Gasteiger partial charge in [0.1, 0.15) is 0 Å². The van der Waals surface area contributed by atoms with Crippen molar-refractivity contribution in [1.82, 2.24) is 5.32 Å². The zero-order chi connectivity index (χ0) is 14.8. The van der Waals surface area contributed by atoms with Crippen molar-refractivity contribution in [3.05, 3.63) is 23.8 Å². The third-order valence-corrected chi connectivity index (χ3v) is 3.43. The summed E-state index contributed by atoms with van der Waals surface area (Å²) < 4.78 is 11.3. The van der Waals surface area contributed by atoms with Crippen molar-refractivity contribution in [1.29, 1.82) is 0 Å². The second-order valence-corrected chi connectivity index (χ2v) is 4.96. The monoisotopic (exact) mass is 279 g/mol. The molecule has 1 N–H and O–H groups in total. The summed E-state index contributed by atoms with van der Waals surface area (Å²) in [6.45, 7) is 7.55. The maximum Gasteiger partial charge on any atom is 0.161 e. The lowest BCUT2D eigenvalue weighted by Crippen LogP contribution is -2.25. The number of hydrogen-bond donors (Lipinski definition) is 1. The molecule has 0 radical (unpaired) electrons. The molecule has 0 bridgehead atoms. The fraction of sp³-hybridized carbons (Fsp3) is 0.647. The minimum Gasteiger partial charge on any atom is -0.490 e. The fourth-order valence-electron chi connectivity index (χ4n) is 2.37. The van der Waals surface area contributed by atoms with Gasteiger partial charge in [-0.05, 0) is 57.9 Å². The van der Waals surface area contributed by atoms with Crippen molar-refractivity contribution >= 4 is 0 Å². The van der Waals surface area contributed by atoms with Gasteiger partial charge in [-0.2, -0.15) is 0 Å². The van der Waals surface area contributed by atoms with Crippen LogP contribution in [0.15, 0.2) is 18.2 Å². The number of hydrogen-bond acceptors (Lipinski definition) is 3. The van der Waals surface area contributed by atoms with Gasteiger partial charge in [0.25, 0.3) is 0 Å². The van der Waals surface area contributed by atoms with E-state index in [1.807, 2.05) is 27.0 Å². The first-order valence-electron chi connectivity index (χ1n) is 7.80. The maximum atomic E-state index is 5.67. The van der Waals surface area contributed by atoms with Crippen molar-refractivity contribution in [2.45, 2.75) is 52.5 Å². The summed E-state index contributed by atoms with van der Waals surface area (Å²) in [4.78, 5) is 0. The Morgan fingerprint density at radius 2 is 1.70 bits per heavy atom. The Hall–Kier alpha value is -1.22. The van der Waals surface area contributed by atoms with Gasteiger partial charge in [0, 0.05) is 6.04 Å². The van der Waals surface area contributed by atoms with Crippen LogP contribution in [-0.2, 0) is 6.42 Å². The first kappa shape index (κ1) is 16.8. The normalized spacial score (nSPS) is 12.2. The molecule has 20 heavy (non-hydrogen) atoms. The predicted octanol–water partition coefficient (Wildman–Crippen LogP) is 3.80. The summed E-state index contributed by atoms with van der Waals surface area (Å²) in [6.07, 6.45) is 4.67. The van der Waals surface area contributed by atoms with Crippen LogP contribution in [0.4, 0.5) is 0 Å². The molecule has 114 valence electrons. The third-order valence-electron chi connectivity index (χ3n) is 3.43. The molecule has 1 unspecified atom stereocenters. The second kappa shape index (κ2) is 9.65. The molecule has 0 saturated heterocycles. The minimum absolute atomic E-state index is 0.599. The Balaban J connectivity index is 2.68. The first-order valence-corrected chi connectivity index (χ1v) is 7.80. The van der Waals surface area contributed by atoms with Gasteiger partial charge in [-0.3, -0.25) is 0 Å². The van der Waals surface area contributed by atoms with E-state index in [9.17, 15) is 0 Å². The number of nitrogens with one attached hydrogen (secondary N) is 1. The topological polar surface area (TPSA) is 30.5 Å². The molecule has 1 aromatic carbocycles. The first-order chi connectivity index (χ1) is 9.74. The molecule has 0 aromatic heterocycles. The molecule has 1 atom stereocenters. The highest BCUT2D eigenvalue weighted by Crippen LogP contribution is 2.29. The van der Waals surface area contributed by atoms with E-state index in [2.05, 4.69) is 24.4 Å². The quantitative estimate of drug-likeness (QED) is 0.706. The van der Waals surface area contributed by atoms with E-state index in [4.69, 9.17) is 9.47 Å². The highest BCUT2D eigenvalue weighted by atomic mass is 16.5. The van der Waals surface area contributed by atoms with Crippen LogP contribution in [0.5, 0.6) is 11.5 Å². The highest BCUT2D eigenvalue weighted by molar-refractivity contribution is 5.43. The summed E-state index contributed by atoms with van der Waals surface area (Å²) in [7, 11) is 2.05. The van der Waals surface area contributed by atoms with Gasteiger partial charge in [-0.25, -0.2) is 0 Å². The van der Waals surface area contributed by atoms with E-state index >= 15 is 0 Å². The summed E-state index contributed by atoms with van der Waals surface area (Å²) in [5.74, 6) is 1.71. The van der Waals surface area contributed by atoms with Crippen molar-refractivity contribution in [2.75, 3.05) is 20.3 Å². The van der Waals surface area contributed by atoms with Crippen LogP contribution < -0.4 is 14.8 Å². The summed E-state index contributed by atoms with van der Waals surface area (Å²) >= 11 is 0. The van der Waals surface area contributed by atoms with Crippen LogP contribution in [0.3, 0.4) is 0 Å². The molecule has 1 aromatic rings. The standard InChI is InChI=1S/C17H29NO2/c1-5-8-15(18-4)11-9-14-10-12-16(19-6-2)17(13-14)20-7-3/h10,12-13,15,18H,5-9,11H2,1-4H3. The summed E-state index contributed by atoms with van der Waals surface area (Å²) in [5, 5.41) is 3.39. The van der Waals surface area contributed by atoms with Crippen LogP contribution >= 0.6 is 0 Å². The van der Waals surface area contributed by atoms with Gasteiger partial charge in [0.2, 0.25) is 0 Å². The van der Waals surface area contributed by atoms with Crippen LogP contribution in [0.25, 0.3) is 0 Å². The average Bonchev–Trinajstić information content (AvgIpc) is 2.46. The lowest BCUT2D eigenvalue weighted by atomic mass is 10.0. The molecule has 3 nitrogen and oxygen atoms in total. The predicted molar refractivity (Wildman–Crippen MR) is 84.9 cm³/mol. The van der Waals surface area contributed by atoms with E-state index in [-0.39, 0.29) is 0 Å². The van der Waals surface area contributed by atoms with Gasteiger partial charge in [0.15, 0.2) is 11.5 Å². The van der Waals surface area contributed by atoms with Gasteiger partial charge in [-0.15, -0.1) is 0 Å². The van der Waals surface area contributed by atoms with E-state index in [0.717, 1.165) is 24.3 Å². The second-order valence-electron chi connectivity index (χ2n) is 4.96. The molecule has 0 fully saturated rings. The number of aryl methyl sites for hydroxylation is 1. The van der Waals surface area contributed by atoms with Gasteiger partial charge in [-0.1, -0.05) is 19.4 Å². The Bertz CT molecular complexity index is 379. The van der Waals surface area contributed by atoms with E-state index in [0.29, 0.717) is 19.3 Å². The Morgan fingerprint density at radius 1 is 1.00 bits per heavy atom. The summed E-state index contributed by atoms with van der Waals surface area (Å²) in [6, 6.07) is 6.89. The van der Waals surface area contributed by atoms with Crippen molar-refractivity contribution in [3.8, 4) is 11.5 Å². The molecule has 1 rings (SSSR count). The molecule has 0 heterocycles. The molecule has 3 heteroatoms. The fourth-order valence-corrected chi connectivity index (χ4v) is 2.37.